The Balaban J connectivity index is 1.22. The van der Waals surface area contributed by atoms with E-state index in [4.69, 9.17) is 0 Å². The van der Waals surface area contributed by atoms with Crippen molar-refractivity contribution >= 4 is 26.6 Å². The maximum atomic E-state index is 13.3. The van der Waals surface area contributed by atoms with Crippen molar-refractivity contribution < 1.29 is 13.2 Å². The van der Waals surface area contributed by atoms with Crippen LogP contribution in [0.15, 0.2) is 42.5 Å². The lowest BCUT2D eigenvalue weighted by Crippen LogP contribution is -2.53. The van der Waals surface area contributed by atoms with Gasteiger partial charge in [-0.15, -0.1) is 0 Å². The maximum absolute atomic E-state index is 13.3. The third kappa shape index (κ3) is 4.38. The van der Waals surface area contributed by atoms with E-state index in [0.29, 0.717) is 30.6 Å². The van der Waals surface area contributed by atoms with Crippen molar-refractivity contribution in [3.63, 3.8) is 0 Å². The van der Waals surface area contributed by atoms with Crippen LogP contribution < -0.4 is 4.72 Å². The first-order valence-corrected chi connectivity index (χ1v) is 13.9. The molecule has 4 saturated carbocycles. The van der Waals surface area contributed by atoms with Gasteiger partial charge in [0.2, 0.25) is 10.0 Å². The molecule has 4 aliphatic rings. The van der Waals surface area contributed by atoms with Crippen molar-refractivity contribution in [1.82, 2.24) is 4.72 Å². The first kappa shape index (κ1) is 22.1. The smallest absolute Gasteiger partial charge is 0.212 e. The number of Topliss-reactive ketones (excluding diaryl/α,β-unsaturated/α-hetero) is 1. The molecule has 172 valence electrons. The summed E-state index contributed by atoms with van der Waals surface area (Å²) in [6.45, 7) is 3.47. The Kier molecular flexibility index (Phi) is 5.69. The highest BCUT2D eigenvalue weighted by atomic mass is 32.2. The van der Waals surface area contributed by atoms with Gasteiger partial charge in [-0.25, -0.2) is 13.1 Å². The van der Waals surface area contributed by atoms with Crippen LogP contribution in [0.25, 0.3) is 10.8 Å². The van der Waals surface area contributed by atoms with E-state index in [1.165, 1.54) is 32.1 Å². The molecular formula is C27H35NO3S. The van der Waals surface area contributed by atoms with E-state index in [2.05, 4.69) is 4.72 Å². The first-order chi connectivity index (χ1) is 15.2. The molecule has 4 fully saturated rings. The van der Waals surface area contributed by atoms with Crippen LogP contribution in [-0.2, 0) is 21.2 Å². The van der Waals surface area contributed by atoms with Gasteiger partial charge in [0.15, 0.2) is 5.78 Å². The topological polar surface area (TPSA) is 63.2 Å². The standard InChI is InChI=1S/C27H35NO3S/c1-27(2,26(29)17-25-22-13-18-12-19(15-22)16-23(25)14-18)28-32(30,31)11-10-21-8-5-7-20-6-3-4-9-24(20)21/h3-9,18-19,22-23,25,28H,10-17H2,1-2H3. The van der Waals surface area contributed by atoms with Crippen LogP contribution in [-0.4, -0.2) is 25.5 Å². The van der Waals surface area contributed by atoms with Crippen LogP contribution in [0.5, 0.6) is 0 Å². The van der Waals surface area contributed by atoms with Crippen molar-refractivity contribution in [3.8, 4) is 0 Å². The number of nitrogens with one attached hydrogen (secondary N) is 1. The maximum Gasteiger partial charge on any atom is 0.212 e. The number of hydrogen-bond acceptors (Lipinski definition) is 3. The molecule has 32 heavy (non-hydrogen) atoms. The van der Waals surface area contributed by atoms with Gasteiger partial charge in [-0.2, -0.15) is 0 Å². The predicted molar refractivity (Wildman–Crippen MR) is 129 cm³/mol. The second-order valence-electron chi connectivity index (χ2n) is 11.2. The molecule has 5 heteroatoms. The molecule has 0 saturated heterocycles. The molecule has 0 spiro atoms. The molecule has 4 nitrogen and oxygen atoms in total. The zero-order chi connectivity index (χ0) is 22.5. The van der Waals surface area contributed by atoms with Gasteiger partial charge in [0.1, 0.15) is 0 Å². The largest absolute Gasteiger partial charge is 0.298 e. The summed E-state index contributed by atoms with van der Waals surface area (Å²) in [5, 5.41) is 2.20. The Bertz CT molecular complexity index is 1090. The zero-order valence-corrected chi connectivity index (χ0v) is 20.0. The second kappa shape index (κ2) is 8.25. The quantitative estimate of drug-likeness (QED) is 0.604. The van der Waals surface area contributed by atoms with Crippen molar-refractivity contribution in [2.45, 2.75) is 64.3 Å². The number of carbonyl (C=O) groups is 1. The number of benzene rings is 2. The molecule has 0 heterocycles. The van der Waals surface area contributed by atoms with Crippen molar-refractivity contribution in [2.24, 2.45) is 29.6 Å². The minimum Gasteiger partial charge on any atom is -0.298 e. The summed E-state index contributed by atoms with van der Waals surface area (Å²) in [4.78, 5) is 13.3. The van der Waals surface area contributed by atoms with Crippen molar-refractivity contribution in [2.75, 3.05) is 5.75 Å². The molecule has 2 aromatic carbocycles. The van der Waals surface area contributed by atoms with Gasteiger partial charge in [-0.1, -0.05) is 42.5 Å². The van der Waals surface area contributed by atoms with E-state index in [1.807, 2.05) is 42.5 Å². The third-order valence-corrected chi connectivity index (χ3v) is 10.0. The third-order valence-electron chi connectivity index (χ3n) is 8.47. The summed E-state index contributed by atoms with van der Waals surface area (Å²) in [5.74, 6) is 3.59. The van der Waals surface area contributed by atoms with E-state index < -0.39 is 15.6 Å². The minimum atomic E-state index is -3.58. The zero-order valence-electron chi connectivity index (χ0n) is 19.2. The van der Waals surface area contributed by atoms with Gasteiger partial charge < -0.3 is 0 Å². The van der Waals surface area contributed by atoms with Gasteiger partial charge in [-0.05, 0) is 98.3 Å². The predicted octanol–water partition coefficient (Wildman–Crippen LogP) is 5.11. The van der Waals surface area contributed by atoms with Gasteiger partial charge in [0, 0.05) is 6.42 Å². The first-order valence-electron chi connectivity index (χ1n) is 12.2. The number of sulfonamides is 1. The Hall–Kier alpha value is -1.72. The summed E-state index contributed by atoms with van der Waals surface area (Å²) in [6.07, 6.45) is 7.47. The summed E-state index contributed by atoms with van der Waals surface area (Å²) >= 11 is 0. The lowest BCUT2D eigenvalue weighted by molar-refractivity contribution is -0.128. The summed E-state index contributed by atoms with van der Waals surface area (Å²) in [7, 11) is -3.58. The second-order valence-corrected chi connectivity index (χ2v) is 13.0. The van der Waals surface area contributed by atoms with Crippen LogP contribution in [0.4, 0.5) is 0 Å². The minimum absolute atomic E-state index is 0.0181. The molecule has 1 N–H and O–H groups in total. The highest BCUT2D eigenvalue weighted by Gasteiger charge is 2.49. The number of fused-ring (bicyclic) bond motifs is 1. The Labute approximate surface area is 192 Å². The van der Waals surface area contributed by atoms with Gasteiger partial charge >= 0.3 is 0 Å². The number of ketones is 1. The van der Waals surface area contributed by atoms with Gasteiger partial charge in [0.05, 0.1) is 11.3 Å². The Morgan fingerprint density at radius 2 is 1.56 bits per heavy atom. The van der Waals surface area contributed by atoms with Crippen LogP contribution in [0, 0.1) is 29.6 Å². The van der Waals surface area contributed by atoms with E-state index in [-0.39, 0.29) is 11.5 Å². The van der Waals surface area contributed by atoms with Gasteiger partial charge in [-0.3, -0.25) is 4.79 Å². The van der Waals surface area contributed by atoms with E-state index in [1.54, 1.807) is 13.8 Å². The highest BCUT2D eigenvalue weighted by Crippen LogP contribution is 2.57. The average molecular weight is 454 g/mol. The van der Waals surface area contributed by atoms with Crippen molar-refractivity contribution in [1.29, 1.82) is 0 Å². The lowest BCUT2D eigenvalue weighted by atomic mass is 9.51. The summed E-state index contributed by atoms with van der Waals surface area (Å²) in [6, 6.07) is 14.0. The van der Waals surface area contributed by atoms with E-state index in [0.717, 1.165) is 28.2 Å². The number of rotatable bonds is 8. The fourth-order valence-corrected chi connectivity index (χ4v) is 8.57. The molecule has 4 bridgehead atoms. The number of carbonyl (C=O) groups excluding carboxylic acids is 1. The van der Waals surface area contributed by atoms with Crippen LogP contribution in [0.2, 0.25) is 0 Å². The lowest BCUT2D eigenvalue weighted by Gasteiger charge is -2.54. The fraction of sp³-hybridized carbons (Fsp3) is 0.593. The number of aryl methyl sites for hydroxylation is 1. The van der Waals surface area contributed by atoms with E-state index in [9.17, 15) is 13.2 Å². The molecule has 0 unspecified atom stereocenters. The Morgan fingerprint density at radius 3 is 2.25 bits per heavy atom. The summed E-state index contributed by atoms with van der Waals surface area (Å²) in [5.41, 5.74) is -0.0436. The monoisotopic (exact) mass is 453 g/mol. The van der Waals surface area contributed by atoms with Crippen LogP contribution in [0.1, 0.15) is 57.9 Å². The normalized spacial score (nSPS) is 29.5. The van der Waals surface area contributed by atoms with Crippen molar-refractivity contribution in [3.05, 3.63) is 48.0 Å². The van der Waals surface area contributed by atoms with Crippen LogP contribution in [0.3, 0.4) is 0 Å². The molecular weight excluding hydrogens is 418 g/mol. The molecule has 2 aromatic rings. The van der Waals surface area contributed by atoms with Gasteiger partial charge in [0.25, 0.3) is 0 Å². The highest BCUT2D eigenvalue weighted by molar-refractivity contribution is 7.89. The SMILES string of the molecule is CC(C)(NS(=O)(=O)CCc1cccc2ccccc12)C(=O)CC1C2CC3CC(C2)CC1C3. The molecule has 6 rings (SSSR count). The summed E-state index contributed by atoms with van der Waals surface area (Å²) < 4.78 is 28.6. The fourth-order valence-electron chi connectivity index (χ4n) is 7.09. The molecule has 0 atom stereocenters. The average Bonchev–Trinajstić information content (AvgIpc) is 2.73. The molecule has 0 aromatic heterocycles. The van der Waals surface area contributed by atoms with E-state index >= 15 is 0 Å². The number of hydrogen-bond donors (Lipinski definition) is 1. The molecule has 4 aliphatic carbocycles. The molecule has 0 radical (unpaired) electrons. The molecule has 0 amide bonds. The van der Waals surface area contributed by atoms with Crippen LogP contribution >= 0.6 is 0 Å². The Morgan fingerprint density at radius 1 is 0.938 bits per heavy atom. The molecule has 0 aliphatic heterocycles.